The van der Waals surface area contributed by atoms with Crippen LogP contribution < -0.4 is 5.32 Å². The summed E-state index contributed by atoms with van der Waals surface area (Å²) in [5.41, 5.74) is -0.814. The second-order valence-corrected chi connectivity index (χ2v) is 6.21. The van der Waals surface area contributed by atoms with E-state index in [0.717, 1.165) is 0 Å². The van der Waals surface area contributed by atoms with Crippen molar-refractivity contribution in [3.63, 3.8) is 0 Å². The normalized spacial score (nSPS) is 28.6. The lowest BCUT2D eigenvalue weighted by atomic mass is 10.0. The van der Waals surface area contributed by atoms with E-state index in [-0.39, 0.29) is 11.5 Å². The Morgan fingerprint density at radius 2 is 2.07 bits per heavy atom. The molecule has 0 bridgehead atoms. The van der Waals surface area contributed by atoms with E-state index in [4.69, 9.17) is 5.11 Å². The summed E-state index contributed by atoms with van der Waals surface area (Å²) in [6.45, 7) is 1.61. The third kappa shape index (κ3) is 3.50. The van der Waals surface area contributed by atoms with Crippen LogP contribution >= 0.6 is 0 Å². The predicted octanol–water partition coefficient (Wildman–Crippen LogP) is -0.845. The molecule has 15 heavy (non-hydrogen) atoms. The number of nitrogens with one attached hydrogen (secondary N) is 1. The number of aliphatic carboxylic acids is 1. The van der Waals surface area contributed by atoms with Gasteiger partial charge in [0.25, 0.3) is 0 Å². The first kappa shape index (κ1) is 12.0. The molecule has 0 saturated carbocycles. The molecular weight excluding hydrogens is 222 g/mol. The maximum absolute atomic E-state index is 11.2. The molecule has 1 fully saturated rings. The van der Waals surface area contributed by atoms with Crippen molar-refractivity contribution in [1.29, 1.82) is 0 Å². The van der Waals surface area contributed by atoms with Crippen molar-refractivity contribution in [1.82, 2.24) is 5.32 Å². The molecule has 0 aromatic carbocycles. The Morgan fingerprint density at radius 1 is 1.47 bits per heavy atom. The number of carbonyl (C=O) groups excluding carboxylic acids is 1. The predicted molar refractivity (Wildman–Crippen MR) is 52.1 cm³/mol. The molecule has 1 aliphatic rings. The number of carboxylic acid groups (broad SMARTS) is 1. The Balaban J connectivity index is 2.59. The molecule has 1 heterocycles. The van der Waals surface area contributed by atoms with Crippen molar-refractivity contribution in [3.8, 4) is 0 Å². The fraction of sp³-hybridized carbons (Fsp3) is 0.750. The van der Waals surface area contributed by atoms with Gasteiger partial charge >= 0.3 is 5.97 Å². The first-order valence-electron chi connectivity index (χ1n) is 4.46. The second kappa shape index (κ2) is 3.80. The van der Waals surface area contributed by atoms with E-state index in [0.29, 0.717) is 6.42 Å². The minimum atomic E-state index is -3.09. The van der Waals surface area contributed by atoms with E-state index >= 15 is 0 Å². The van der Waals surface area contributed by atoms with Gasteiger partial charge in [-0.25, -0.2) is 8.42 Å². The van der Waals surface area contributed by atoms with Crippen LogP contribution in [0.4, 0.5) is 0 Å². The summed E-state index contributed by atoms with van der Waals surface area (Å²) in [6.07, 6.45) is -0.295. The fourth-order valence-electron chi connectivity index (χ4n) is 1.63. The maximum atomic E-state index is 11.2. The Labute approximate surface area is 87.6 Å². The zero-order valence-corrected chi connectivity index (χ0v) is 9.13. The molecule has 7 heteroatoms. The van der Waals surface area contributed by atoms with Crippen molar-refractivity contribution < 1.29 is 23.1 Å². The molecule has 1 saturated heterocycles. The summed E-state index contributed by atoms with van der Waals surface area (Å²) in [4.78, 5) is 21.4. The Morgan fingerprint density at radius 3 is 2.47 bits per heavy atom. The molecule has 6 nitrogen and oxygen atoms in total. The van der Waals surface area contributed by atoms with E-state index < -0.39 is 33.7 Å². The molecule has 0 spiro atoms. The van der Waals surface area contributed by atoms with Gasteiger partial charge in [0.2, 0.25) is 5.91 Å². The lowest BCUT2D eigenvalue weighted by molar-refractivity contribution is -0.141. The van der Waals surface area contributed by atoms with Crippen LogP contribution in [0, 0.1) is 0 Å². The quantitative estimate of drug-likeness (QED) is 0.621. The minimum absolute atomic E-state index is 0.0385. The van der Waals surface area contributed by atoms with Crippen molar-refractivity contribution in [3.05, 3.63) is 0 Å². The van der Waals surface area contributed by atoms with E-state index in [1.54, 1.807) is 6.92 Å². The lowest BCUT2D eigenvalue weighted by Crippen LogP contribution is -2.47. The number of carbonyl (C=O) groups is 2. The molecule has 0 radical (unpaired) electrons. The molecule has 1 aliphatic heterocycles. The molecule has 1 amide bonds. The van der Waals surface area contributed by atoms with Crippen LogP contribution in [-0.2, 0) is 19.4 Å². The van der Waals surface area contributed by atoms with Crippen LogP contribution in [0.1, 0.15) is 19.8 Å². The van der Waals surface area contributed by atoms with Gasteiger partial charge in [0.1, 0.15) is 6.42 Å². The Hall–Kier alpha value is -1.11. The third-order valence-corrected chi connectivity index (χ3v) is 4.16. The van der Waals surface area contributed by atoms with Crippen LogP contribution in [0.3, 0.4) is 0 Å². The molecule has 0 aromatic rings. The van der Waals surface area contributed by atoms with Gasteiger partial charge in [0.05, 0.1) is 17.0 Å². The number of hydrogen-bond donors (Lipinski definition) is 2. The van der Waals surface area contributed by atoms with E-state index in [1.165, 1.54) is 0 Å². The summed E-state index contributed by atoms with van der Waals surface area (Å²) in [7, 11) is -3.09. The summed E-state index contributed by atoms with van der Waals surface area (Å²) >= 11 is 0. The molecule has 86 valence electrons. The SMILES string of the molecule is CC1(NC(=O)CC(=O)O)CCS(=O)(=O)C1. The highest BCUT2D eigenvalue weighted by Crippen LogP contribution is 2.22. The summed E-state index contributed by atoms with van der Waals surface area (Å²) < 4.78 is 22.4. The fourth-order valence-corrected chi connectivity index (χ4v) is 3.72. The molecule has 1 rings (SSSR count). The molecule has 0 aromatic heterocycles. The molecule has 0 aliphatic carbocycles. The summed E-state index contributed by atoms with van der Waals surface area (Å²) in [5, 5.41) is 10.8. The molecular formula is C8H13NO5S. The zero-order chi connectivity index (χ0) is 11.7. The number of rotatable bonds is 3. The average Bonchev–Trinajstić information content (AvgIpc) is 2.22. The van der Waals surface area contributed by atoms with Crippen molar-refractivity contribution in [2.75, 3.05) is 11.5 Å². The highest BCUT2D eigenvalue weighted by molar-refractivity contribution is 7.91. The summed E-state index contributed by atoms with van der Waals surface area (Å²) in [5.74, 6) is -1.96. The van der Waals surface area contributed by atoms with E-state index in [9.17, 15) is 18.0 Å². The van der Waals surface area contributed by atoms with Gasteiger partial charge in [-0.05, 0) is 13.3 Å². The number of hydrogen-bond acceptors (Lipinski definition) is 4. The highest BCUT2D eigenvalue weighted by Gasteiger charge is 2.39. The van der Waals surface area contributed by atoms with Gasteiger partial charge in [0.15, 0.2) is 9.84 Å². The van der Waals surface area contributed by atoms with Crippen molar-refractivity contribution in [2.45, 2.75) is 25.3 Å². The van der Waals surface area contributed by atoms with Gasteiger partial charge in [0, 0.05) is 0 Å². The first-order chi connectivity index (χ1) is 6.72. The highest BCUT2D eigenvalue weighted by atomic mass is 32.2. The van der Waals surface area contributed by atoms with Crippen molar-refractivity contribution >= 4 is 21.7 Å². The smallest absolute Gasteiger partial charge is 0.312 e. The van der Waals surface area contributed by atoms with Crippen LogP contribution in [0.5, 0.6) is 0 Å². The maximum Gasteiger partial charge on any atom is 0.312 e. The Kier molecular flexibility index (Phi) is 3.03. The van der Waals surface area contributed by atoms with Crippen LogP contribution in [-0.4, -0.2) is 42.4 Å². The Bertz CT molecular complexity index is 388. The molecule has 1 unspecified atom stereocenters. The first-order valence-corrected chi connectivity index (χ1v) is 6.28. The van der Waals surface area contributed by atoms with Gasteiger partial charge in [-0.15, -0.1) is 0 Å². The third-order valence-electron chi connectivity index (χ3n) is 2.26. The standard InChI is InChI=1S/C8H13NO5S/c1-8(2-3-15(13,14)5-8)9-6(10)4-7(11)12/h2-5H2,1H3,(H,9,10)(H,11,12). The van der Waals surface area contributed by atoms with Gasteiger partial charge in [-0.2, -0.15) is 0 Å². The van der Waals surface area contributed by atoms with Crippen LogP contribution in [0.2, 0.25) is 0 Å². The van der Waals surface area contributed by atoms with Crippen molar-refractivity contribution in [2.24, 2.45) is 0 Å². The van der Waals surface area contributed by atoms with Crippen LogP contribution in [0.25, 0.3) is 0 Å². The minimum Gasteiger partial charge on any atom is -0.481 e. The lowest BCUT2D eigenvalue weighted by Gasteiger charge is -2.23. The summed E-state index contributed by atoms with van der Waals surface area (Å²) in [6, 6.07) is 0. The van der Waals surface area contributed by atoms with E-state index in [2.05, 4.69) is 5.32 Å². The van der Waals surface area contributed by atoms with Gasteiger partial charge < -0.3 is 10.4 Å². The number of sulfone groups is 1. The zero-order valence-electron chi connectivity index (χ0n) is 8.32. The van der Waals surface area contributed by atoms with E-state index in [1.807, 2.05) is 0 Å². The van der Waals surface area contributed by atoms with Gasteiger partial charge in [-0.3, -0.25) is 9.59 Å². The van der Waals surface area contributed by atoms with Gasteiger partial charge in [-0.1, -0.05) is 0 Å². The monoisotopic (exact) mass is 235 g/mol. The molecule has 2 N–H and O–H groups in total. The average molecular weight is 235 g/mol. The van der Waals surface area contributed by atoms with Crippen LogP contribution in [0.15, 0.2) is 0 Å². The topological polar surface area (TPSA) is 101 Å². The number of carboxylic acids is 1. The second-order valence-electron chi connectivity index (χ2n) is 4.02. The molecule has 1 atom stereocenters. The number of amides is 1. The largest absolute Gasteiger partial charge is 0.481 e.